The molecule has 0 saturated carbocycles. The number of hydrogen-bond donors (Lipinski definition) is 2. The highest BCUT2D eigenvalue weighted by atomic mass is 32.1. The summed E-state index contributed by atoms with van der Waals surface area (Å²) in [4.78, 5) is 5.91. The van der Waals surface area contributed by atoms with E-state index in [1.807, 2.05) is 36.4 Å². The van der Waals surface area contributed by atoms with Crippen LogP contribution in [0.2, 0.25) is 0 Å². The first-order valence-corrected chi connectivity index (χ1v) is 4.96. The molecule has 2 rings (SSSR count). The van der Waals surface area contributed by atoms with Gasteiger partial charge in [-0.25, -0.2) is 0 Å². The normalized spacial score (nSPS) is 10.0. The van der Waals surface area contributed by atoms with Gasteiger partial charge in [0.25, 0.3) is 0 Å². The van der Waals surface area contributed by atoms with Crippen LogP contribution in [-0.2, 0) is 0 Å². The lowest BCUT2D eigenvalue weighted by Crippen LogP contribution is -1.86. The average molecular weight is 220 g/mol. The van der Waals surface area contributed by atoms with Crippen molar-refractivity contribution in [2.75, 3.05) is 0 Å². The molecule has 0 radical (unpaired) electrons. The van der Waals surface area contributed by atoms with Gasteiger partial charge >= 0.3 is 0 Å². The van der Waals surface area contributed by atoms with Crippen molar-refractivity contribution in [1.29, 1.82) is 0 Å². The van der Waals surface area contributed by atoms with Gasteiger partial charge in [0.15, 0.2) is 4.77 Å². The van der Waals surface area contributed by atoms with Gasteiger partial charge in [0, 0.05) is 0 Å². The van der Waals surface area contributed by atoms with E-state index in [0.717, 1.165) is 11.3 Å². The van der Waals surface area contributed by atoms with E-state index in [1.54, 1.807) is 0 Å². The first kappa shape index (κ1) is 9.30. The largest absolute Gasteiger partial charge is 0.332 e. The third-order valence-corrected chi connectivity index (χ3v) is 2.27. The summed E-state index contributed by atoms with van der Waals surface area (Å²) in [7, 11) is 0. The third kappa shape index (κ3) is 1.97. The summed E-state index contributed by atoms with van der Waals surface area (Å²) in [5.74, 6) is 0. The Morgan fingerprint density at radius 3 is 2.29 bits per heavy atom. The van der Waals surface area contributed by atoms with Crippen LogP contribution in [0.5, 0.6) is 0 Å². The first-order valence-electron chi connectivity index (χ1n) is 4.15. The van der Waals surface area contributed by atoms with E-state index in [4.69, 9.17) is 24.4 Å². The van der Waals surface area contributed by atoms with Gasteiger partial charge in [-0.15, -0.1) is 0 Å². The van der Waals surface area contributed by atoms with Gasteiger partial charge in [0.2, 0.25) is 0 Å². The lowest BCUT2D eigenvalue weighted by Gasteiger charge is -2.00. The number of aromatic nitrogens is 2. The highest BCUT2D eigenvalue weighted by Crippen LogP contribution is 2.14. The molecule has 1 aromatic carbocycles. The van der Waals surface area contributed by atoms with Gasteiger partial charge in [-0.2, -0.15) is 0 Å². The van der Waals surface area contributed by atoms with Gasteiger partial charge in [-0.1, -0.05) is 42.5 Å². The lowest BCUT2D eigenvalue weighted by molar-refractivity contribution is 1.12. The summed E-state index contributed by atoms with van der Waals surface area (Å²) in [6.07, 6.45) is 0. The van der Waals surface area contributed by atoms with Gasteiger partial charge in [-0.3, -0.25) is 0 Å². The molecule has 1 heterocycles. The van der Waals surface area contributed by atoms with Crippen LogP contribution >= 0.6 is 24.4 Å². The molecule has 0 aliphatic carbocycles. The summed E-state index contributed by atoms with van der Waals surface area (Å²) >= 11 is 10.1. The van der Waals surface area contributed by atoms with Crippen molar-refractivity contribution >= 4 is 24.4 Å². The van der Waals surface area contributed by atoms with E-state index in [9.17, 15) is 0 Å². The monoisotopic (exact) mass is 220 g/mol. The molecule has 0 amide bonds. The Morgan fingerprint density at radius 1 is 0.929 bits per heavy atom. The van der Waals surface area contributed by atoms with E-state index in [2.05, 4.69) is 9.97 Å². The van der Waals surface area contributed by atoms with Gasteiger partial charge in [-0.05, 0) is 23.8 Å². The second kappa shape index (κ2) is 3.86. The number of benzene rings is 1. The van der Waals surface area contributed by atoms with Crippen LogP contribution in [0.3, 0.4) is 0 Å². The maximum atomic E-state index is 5.04. The maximum absolute atomic E-state index is 5.04. The second-order valence-electron chi connectivity index (χ2n) is 2.87. The Kier molecular flexibility index (Phi) is 2.56. The summed E-state index contributed by atoms with van der Waals surface area (Å²) in [5, 5.41) is 0. The minimum atomic E-state index is 0.552. The molecule has 0 bridgehead atoms. The summed E-state index contributed by atoms with van der Waals surface area (Å²) in [6, 6.07) is 11.8. The van der Waals surface area contributed by atoms with Gasteiger partial charge < -0.3 is 9.97 Å². The molecule has 2 N–H and O–H groups in total. The molecule has 0 spiro atoms. The topological polar surface area (TPSA) is 31.6 Å². The zero-order chi connectivity index (χ0) is 9.97. The van der Waals surface area contributed by atoms with Crippen LogP contribution in [0.4, 0.5) is 0 Å². The van der Waals surface area contributed by atoms with Gasteiger partial charge in [0.1, 0.15) is 4.64 Å². The standard InChI is InChI=1S/C10H8N2S2/c13-9-6-8(11-10(14)12-9)7-4-2-1-3-5-7/h1-6H,(H2,11,12,13,14). The zero-order valence-corrected chi connectivity index (χ0v) is 8.91. The summed E-state index contributed by atoms with van der Waals surface area (Å²) < 4.78 is 1.20. The van der Waals surface area contributed by atoms with E-state index in [1.165, 1.54) is 0 Å². The molecule has 70 valence electrons. The van der Waals surface area contributed by atoms with Crippen molar-refractivity contribution in [2.24, 2.45) is 0 Å². The fourth-order valence-electron chi connectivity index (χ4n) is 1.24. The number of rotatable bonds is 1. The second-order valence-corrected chi connectivity index (χ2v) is 3.72. The van der Waals surface area contributed by atoms with Gasteiger partial charge in [0.05, 0.1) is 5.69 Å². The Balaban J connectivity index is 2.64. The Hall–Kier alpha value is -1.26. The molecular weight excluding hydrogens is 212 g/mol. The molecule has 2 aromatic rings. The van der Waals surface area contributed by atoms with Crippen molar-refractivity contribution in [3.05, 3.63) is 45.8 Å². The van der Waals surface area contributed by atoms with Crippen LogP contribution < -0.4 is 0 Å². The van der Waals surface area contributed by atoms with Crippen LogP contribution in [-0.4, -0.2) is 9.97 Å². The number of nitrogens with one attached hydrogen (secondary N) is 2. The molecule has 14 heavy (non-hydrogen) atoms. The fraction of sp³-hybridized carbons (Fsp3) is 0. The van der Waals surface area contributed by atoms with Crippen LogP contribution in [0.15, 0.2) is 36.4 Å². The molecule has 2 nitrogen and oxygen atoms in total. The highest BCUT2D eigenvalue weighted by molar-refractivity contribution is 7.72. The Morgan fingerprint density at radius 2 is 1.64 bits per heavy atom. The molecule has 0 saturated heterocycles. The summed E-state index contributed by atoms with van der Waals surface area (Å²) in [5.41, 5.74) is 2.03. The molecule has 0 fully saturated rings. The van der Waals surface area contributed by atoms with E-state index >= 15 is 0 Å². The zero-order valence-electron chi connectivity index (χ0n) is 7.28. The molecule has 4 heteroatoms. The molecular formula is C10H8N2S2. The Bertz CT molecular complexity index is 512. The SMILES string of the molecule is S=c1cc(-c2ccccc2)[nH]c(=S)[nH]1. The van der Waals surface area contributed by atoms with Crippen molar-refractivity contribution in [1.82, 2.24) is 9.97 Å². The smallest absolute Gasteiger partial charge is 0.175 e. The molecule has 0 atom stereocenters. The van der Waals surface area contributed by atoms with E-state index in [0.29, 0.717) is 9.41 Å². The first-order chi connectivity index (χ1) is 6.75. The lowest BCUT2D eigenvalue weighted by atomic mass is 10.1. The minimum Gasteiger partial charge on any atom is -0.332 e. The average Bonchev–Trinajstić information content (AvgIpc) is 2.18. The van der Waals surface area contributed by atoms with Crippen LogP contribution in [0.25, 0.3) is 11.3 Å². The molecule has 0 unspecified atom stereocenters. The highest BCUT2D eigenvalue weighted by Gasteiger charge is 1.95. The van der Waals surface area contributed by atoms with Crippen LogP contribution in [0, 0.1) is 9.41 Å². The number of aromatic amines is 2. The maximum Gasteiger partial charge on any atom is 0.175 e. The Labute approximate surface area is 91.6 Å². The predicted octanol–water partition coefficient (Wildman–Crippen LogP) is 3.47. The molecule has 1 aromatic heterocycles. The van der Waals surface area contributed by atoms with E-state index in [-0.39, 0.29) is 0 Å². The number of H-pyrrole nitrogens is 2. The summed E-state index contributed by atoms with van der Waals surface area (Å²) in [6.45, 7) is 0. The van der Waals surface area contributed by atoms with Crippen LogP contribution in [0.1, 0.15) is 0 Å². The van der Waals surface area contributed by atoms with Crippen molar-refractivity contribution in [2.45, 2.75) is 0 Å². The third-order valence-electron chi connectivity index (χ3n) is 1.85. The van der Waals surface area contributed by atoms with Crippen molar-refractivity contribution in [3.8, 4) is 11.3 Å². The quantitative estimate of drug-likeness (QED) is 0.721. The molecule has 0 aliphatic heterocycles. The van der Waals surface area contributed by atoms with Crippen molar-refractivity contribution in [3.63, 3.8) is 0 Å². The minimum absolute atomic E-state index is 0.552. The van der Waals surface area contributed by atoms with E-state index < -0.39 is 0 Å². The molecule has 0 aliphatic rings. The predicted molar refractivity (Wildman–Crippen MR) is 62.2 cm³/mol. The fourth-order valence-corrected chi connectivity index (χ4v) is 1.75. The van der Waals surface area contributed by atoms with Crippen molar-refractivity contribution < 1.29 is 0 Å². The number of hydrogen-bond acceptors (Lipinski definition) is 2.